The average molecular weight is 226 g/mol. The van der Waals surface area contributed by atoms with E-state index in [9.17, 15) is 0 Å². The van der Waals surface area contributed by atoms with Crippen LogP contribution in [0.3, 0.4) is 0 Å². The Labute approximate surface area is 97.8 Å². The van der Waals surface area contributed by atoms with Gasteiger partial charge in [0.25, 0.3) is 0 Å². The highest BCUT2D eigenvalue weighted by Crippen LogP contribution is 2.17. The van der Waals surface area contributed by atoms with E-state index >= 15 is 0 Å². The quantitative estimate of drug-likeness (QED) is 0.779. The molecule has 0 saturated carbocycles. The molecule has 1 aromatic rings. The summed E-state index contributed by atoms with van der Waals surface area (Å²) in [6.45, 7) is 5.49. The van der Waals surface area contributed by atoms with Crippen molar-refractivity contribution in [2.75, 3.05) is 6.54 Å². The molecule has 1 atom stereocenters. The van der Waals surface area contributed by atoms with Gasteiger partial charge in [-0.3, -0.25) is 0 Å². The Morgan fingerprint density at radius 3 is 2.60 bits per heavy atom. The first-order valence-electron chi connectivity index (χ1n) is 5.74. The van der Waals surface area contributed by atoms with Gasteiger partial charge in [-0.25, -0.2) is 0 Å². The van der Waals surface area contributed by atoms with Gasteiger partial charge in [0.15, 0.2) is 0 Å². The molecular weight excluding hydrogens is 206 g/mol. The molecule has 0 radical (unpaired) electrons. The van der Waals surface area contributed by atoms with Crippen LogP contribution in [-0.2, 0) is 6.42 Å². The molecule has 1 nitrogen and oxygen atoms in total. The van der Waals surface area contributed by atoms with Crippen LogP contribution in [-0.4, -0.2) is 12.6 Å². The van der Waals surface area contributed by atoms with Gasteiger partial charge in [-0.05, 0) is 37.4 Å². The highest BCUT2D eigenvalue weighted by Gasteiger charge is 2.07. The summed E-state index contributed by atoms with van der Waals surface area (Å²) < 4.78 is 0. The maximum Gasteiger partial charge on any atom is 0.0438 e. The molecule has 0 heterocycles. The van der Waals surface area contributed by atoms with Crippen molar-refractivity contribution in [1.29, 1.82) is 0 Å². The first-order valence-corrected chi connectivity index (χ1v) is 6.12. The Bertz CT molecular complexity index is 286. The van der Waals surface area contributed by atoms with Crippen LogP contribution < -0.4 is 5.32 Å². The van der Waals surface area contributed by atoms with E-state index in [2.05, 4.69) is 25.2 Å². The highest BCUT2D eigenvalue weighted by atomic mass is 35.5. The number of rotatable bonds is 6. The maximum atomic E-state index is 6.13. The fourth-order valence-electron chi connectivity index (χ4n) is 1.64. The molecule has 1 unspecified atom stereocenters. The smallest absolute Gasteiger partial charge is 0.0438 e. The fourth-order valence-corrected chi connectivity index (χ4v) is 1.85. The highest BCUT2D eigenvalue weighted by molar-refractivity contribution is 6.31. The lowest BCUT2D eigenvalue weighted by Gasteiger charge is -2.17. The fraction of sp³-hybridized carbons (Fsp3) is 0.538. The zero-order chi connectivity index (χ0) is 11.1. The van der Waals surface area contributed by atoms with Gasteiger partial charge in [-0.1, -0.05) is 43.6 Å². The van der Waals surface area contributed by atoms with E-state index in [0.29, 0.717) is 6.04 Å². The van der Waals surface area contributed by atoms with Crippen LogP contribution in [0.5, 0.6) is 0 Å². The lowest BCUT2D eigenvalue weighted by molar-refractivity contribution is 0.495. The van der Waals surface area contributed by atoms with E-state index in [1.165, 1.54) is 12.0 Å². The molecule has 0 fully saturated rings. The second-order valence-corrected chi connectivity index (χ2v) is 4.26. The molecule has 0 amide bonds. The number of nitrogens with one attached hydrogen (secondary N) is 1. The topological polar surface area (TPSA) is 12.0 Å². The van der Waals surface area contributed by atoms with Gasteiger partial charge in [-0.15, -0.1) is 0 Å². The number of halogens is 1. The minimum atomic E-state index is 0.546. The molecule has 0 aromatic heterocycles. The van der Waals surface area contributed by atoms with Crippen molar-refractivity contribution in [3.63, 3.8) is 0 Å². The van der Waals surface area contributed by atoms with Gasteiger partial charge in [0.05, 0.1) is 0 Å². The van der Waals surface area contributed by atoms with E-state index in [1.54, 1.807) is 0 Å². The molecule has 0 aliphatic carbocycles. The minimum absolute atomic E-state index is 0.546. The summed E-state index contributed by atoms with van der Waals surface area (Å²) in [7, 11) is 0. The molecule has 0 bridgehead atoms. The van der Waals surface area contributed by atoms with Crippen molar-refractivity contribution in [2.24, 2.45) is 0 Å². The Hall–Kier alpha value is -0.530. The van der Waals surface area contributed by atoms with Crippen LogP contribution >= 0.6 is 11.6 Å². The molecule has 1 N–H and O–H groups in total. The van der Waals surface area contributed by atoms with Crippen molar-refractivity contribution >= 4 is 11.6 Å². The average Bonchev–Trinajstić information content (AvgIpc) is 2.26. The van der Waals surface area contributed by atoms with Gasteiger partial charge in [0.1, 0.15) is 0 Å². The van der Waals surface area contributed by atoms with E-state index in [0.717, 1.165) is 24.4 Å². The Balaban J connectivity index is 2.54. The predicted octanol–water partition coefficient (Wildman–Crippen LogP) is 3.66. The lowest BCUT2D eigenvalue weighted by atomic mass is 10.0. The third kappa shape index (κ3) is 4.23. The first kappa shape index (κ1) is 12.5. The van der Waals surface area contributed by atoms with E-state index in [-0.39, 0.29) is 0 Å². The van der Waals surface area contributed by atoms with Crippen molar-refractivity contribution < 1.29 is 0 Å². The third-order valence-corrected chi connectivity index (χ3v) is 2.97. The van der Waals surface area contributed by atoms with Crippen LogP contribution in [0.15, 0.2) is 24.3 Å². The minimum Gasteiger partial charge on any atom is -0.314 e. The van der Waals surface area contributed by atoms with Gasteiger partial charge in [0.2, 0.25) is 0 Å². The van der Waals surface area contributed by atoms with E-state index in [1.807, 2.05) is 18.2 Å². The Kier molecular flexibility index (Phi) is 5.74. The van der Waals surface area contributed by atoms with Crippen LogP contribution in [0.25, 0.3) is 0 Å². The molecule has 1 aromatic carbocycles. The summed E-state index contributed by atoms with van der Waals surface area (Å²) in [5.74, 6) is 0. The Morgan fingerprint density at radius 1 is 1.27 bits per heavy atom. The molecule has 0 aliphatic heterocycles. The SMILES string of the molecule is CCCNC(CC)Cc1ccccc1Cl. The monoisotopic (exact) mass is 225 g/mol. The molecule has 2 heteroatoms. The van der Waals surface area contributed by atoms with Gasteiger partial charge in [-0.2, -0.15) is 0 Å². The standard InChI is InChI=1S/C13H20ClN/c1-3-9-15-12(4-2)10-11-7-5-6-8-13(11)14/h5-8,12,15H,3-4,9-10H2,1-2H3. The van der Waals surface area contributed by atoms with E-state index < -0.39 is 0 Å². The summed E-state index contributed by atoms with van der Waals surface area (Å²) in [5.41, 5.74) is 1.25. The molecule has 1 rings (SSSR count). The Morgan fingerprint density at radius 2 is 2.00 bits per heavy atom. The second kappa shape index (κ2) is 6.86. The first-order chi connectivity index (χ1) is 7.27. The van der Waals surface area contributed by atoms with Crippen LogP contribution in [0.2, 0.25) is 5.02 Å². The van der Waals surface area contributed by atoms with Crippen LogP contribution in [0, 0.1) is 0 Å². The van der Waals surface area contributed by atoms with E-state index in [4.69, 9.17) is 11.6 Å². The summed E-state index contributed by atoms with van der Waals surface area (Å²) in [6.07, 6.45) is 3.35. The molecule has 0 saturated heterocycles. The van der Waals surface area contributed by atoms with Gasteiger partial charge >= 0.3 is 0 Å². The molecule has 84 valence electrons. The van der Waals surface area contributed by atoms with Gasteiger partial charge in [0, 0.05) is 11.1 Å². The van der Waals surface area contributed by atoms with Crippen LogP contribution in [0.4, 0.5) is 0 Å². The molecule has 15 heavy (non-hydrogen) atoms. The normalized spacial score (nSPS) is 12.7. The number of benzene rings is 1. The summed E-state index contributed by atoms with van der Waals surface area (Å²) in [6, 6.07) is 8.65. The summed E-state index contributed by atoms with van der Waals surface area (Å²) in [5, 5.41) is 4.42. The van der Waals surface area contributed by atoms with Crippen molar-refractivity contribution in [3.8, 4) is 0 Å². The number of hydrogen-bond donors (Lipinski definition) is 1. The maximum absolute atomic E-state index is 6.13. The third-order valence-electron chi connectivity index (χ3n) is 2.60. The molecule has 0 spiro atoms. The van der Waals surface area contributed by atoms with Gasteiger partial charge < -0.3 is 5.32 Å². The zero-order valence-electron chi connectivity index (χ0n) is 9.59. The molecular formula is C13H20ClN. The van der Waals surface area contributed by atoms with Crippen molar-refractivity contribution in [3.05, 3.63) is 34.9 Å². The number of hydrogen-bond acceptors (Lipinski definition) is 1. The summed E-state index contributed by atoms with van der Waals surface area (Å²) >= 11 is 6.13. The predicted molar refractivity (Wildman–Crippen MR) is 67.5 cm³/mol. The second-order valence-electron chi connectivity index (χ2n) is 3.85. The largest absolute Gasteiger partial charge is 0.314 e. The van der Waals surface area contributed by atoms with Crippen molar-refractivity contribution in [2.45, 2.75) is 39.2 Å². The lowest BCUT2D eigenvalue weighted by Crippen LogP contribution is -2.31. The molecule has 0 aliphatic rings. The summed E-state index contributed by atoms with van der Waals surface area (Å²) in [4.78, 5) is 0. The zero-order valence-corrected chi connectivity index (χ0v) is 10.3. The van der Waals surface area contributed by atoms with Crippen molar-refractivity contribution in [1.82, 2.24) is 5.32 Å². The van der Waals surface area contributed by atoms with Crippen LogP contribution in [0.1, 0.15) is 32.3 Å².